The Hall–Kier alpha value is -1.64. The number of aldehydes is 1. The van der Waals surface area contributed by atoms with Crippen LogP contribution in [-0.2, 0) is 10.2 Å². The minimum atomic E-state index is -0.469. The molecule has 0 fully saturated rings. The molecule has 104 valence electrons. The van der Waals surface area contributed by atoms with Crippen LogP contribution in [0.3, 0.4) is 0 Å². The average Bonchev–Trinajstić information content (AvgIpc) is 2.35. The molecular weight excluding hydrogens is 238 g/mol. The second kappa shape index (κ2) is 5.55. The van der Waals surface area contributed by atoms with E-state index >= 15 is 0 Å². The van der Waals surface area contributed by atoms with E-state index in [1.54, 1.807) is 6.07 Å². The van der Waals surface area contributed by atoms with Crippen LogP contribution in [0.25, 0.3) is 0 Å². The monoisotopic (exact) mass is 261 g/mol. The zero-order chi connectivity index (χ0) is 14.8. The number of rotatable bonds is 4. The third-order valence-corrected chi connectivity index (χ3v) is 3.39. The van der Waals surface area contributed by atoms with Crippen LogP contribution in [0.15, 0.2) is 18.2 Å². The predicted octanol–water partition coefficient (Wildman–Crippen LogP) is 3.21. The summed E-state index contributed by atoms with van der Waals surface area (Å²) in [6, 6.07) is 5.95. The van der Waals surface area contributed by atoms with E-state index in [1.165, 1.54) is 0 Å². The normalized spacial score (nSPS) is 11.5. The van der Waals surface area contributed by atoms with Crippen LogP contribution >= 0.6 is 0 Å². The highest BCUT2D eigenvalue weighted by atomic mass is 16.2. The molecule has 0 saturated heterocycles. The van der Waals surface area contributed by atoms with Crippen LogP contribution in [-0.4, -0.2) is 25.2 Å². The van der Waals surface area contributed by atoms with E-state index in [1.807, 2.05) is 24.1 Å². The van der Waals surface area contributed by atoms with E-state index in [0.29, 0.717) is 11.8 Å². The van der Waals surface area contributed by atoms with E-state index in [0.717, 1.165) is 11.3 Å². The lowest BCUT2D eigenvalue weighted by Gasteiger charge is -2.28. The molecule has 3 nitrogen and oxygen atoms in total. The number of carbonyl (C=O) groups is 2. The van der Waals surface area contributed by atoms with E-state index in [4.69, 9.17) is 0 Å². The Balaban J connectivity index is 3.42. The number of ketones is 1. The maximum Gasteiger partial charge on any atom is 0.227 e. The van der Waals surface area contributed by atoms with Gasteiger partial charge in [-0.05, 0) is 37.0 Å². The summed E-state index contributed by atoms with van der Waals surface area (Å²) in [5, 5.41) is 0. The van der Waals surface area contributed by atoms with Crippen molar-refractivity contribution in [2.24, 2.45) is 0 Å². The molecule has 0 aliphatic heterocycles. The fourth-order valence-electron chi connectivity index (χ4n) is 1.84. The summed E-state index contributed by atoms with van der Waals surface area (Å²) < 4.78 is 0. The summed E-state index contributed by atoms with van der Waals surface area (Å²) >= 11 is 0. The van der Waals surface area contributed by atoms with Crippen LogP contribution in [0.2, 0.25) is 0 Å². The van der Waals surface area contributed by atoms with Crippen LogP contribution < -0.4 is 4.90 Å². The summed E-state index contributed by atoms with van der Waals surface area (Å²) in [7, 11) is 1.94. The van der Waals surface area contributed by atoms with Crippen molar-refractivity contribution >= 4 is 17.8 Å². The Kier molecular flexibility index (Phi) is 4.51. The van der Waals surface area contributed by atoms with Crippen LogP contribution in [0.5, 0.6) is 0 Å². The molecule has 0 bridgehead atoms. The molecule has 0 aliphatic carbocycles. The van der Waals surface area contributed by atoms with Gasteiger partial charge < -0.3 is 4.90 Å². The number of anilines is 1. The molecule has 19 heavy (non-hydrogen) atoms. The Morgan fingerprint density at radius 1 is 1.26 bits per heavy atom. The van der Waals surface area contributed by atoms with Crippen molar-refractivity contribution < 1.29 is 9.59 Å². The summed E-state index contributed by atoms with van der Waals surface area (Å²) in [5.74, 6) is -0.469. The molecule has 3 heteroatoms. The number of hydrogen-bond donors (Lipinski definition) is 0. The number of nitrogens with zero attached hydrogens (tertiary/aromatic N) is 1. The molecule has 0 heterocycles. The van der Waals surface area contributed by atoms with E-state index in [2.05, 4.69) is 34.6 Å². The molecule has 1 aromatic carbocycles. The van der Waals surface area contributed by atoms with Crippen molar-refractivity contribution in [3.8, 4) is 0 Å². The SMILES string of the molecule is CC(C)N(C)c1cc(C(C)(C)C)ccc1C(=O)C=O. The fourth-order valence-corrected chi connectivity index (χ4v) is 1.84. The molecule has 0 spiro atoms. The van der Waals surface area contributed by atoms with Crippen LogP contribution in [0.1, 0.15) is 50.5 Å². The fraction of sp³-hybridized carbons (Fsp3) is 0.500. The van der Waals surface area contributed by atoms with Gasteiger partial charge in [-0.15, -0.1) is 0 Å². The van der Waals surface area contributed by atoms with Crippen LogP contribution in [0.4, 0.5) is 5.69 Å². The minimum Gasteiger partial charge on any atom is -0.372 e. The molecule has 0 amide bonds. The Morgan fingerprint density at radius 3 is 2.26 bits per heavy atom. The van der Waals surface area contributed by atoms with Crippen molar-refractivity contribution in [2.45, 2.75) is 46.1 Å². The zero-order valence-corrected chi connectivity index (χ0v) is 12.7. The second-order valence-electron chi connectivity index (χ2n) is 6.17. The van der Waals surface area contributed by atoms with Crippen molar-refractivity contribution in [3.63, 3.8) is 0 Å². The summed E-state index contributed by atoms with van der Waals surface area (Å²) in [4.78, 5) is 24.5. The van der Waals surface area contributed by atoms with E-state index < -0.39 is 5.78 Å². The molecule has 0 N–H and O–H groups in total. The van der Waals surface area contributed by atoms with Gasteiger partial charge in [0.2, 0.25) is 5.78 Å². The summed E-state index contributed by atoms with van der Waals surface area (Å²) in [5.41, 5.74) is 2.45. The van der Waals surface area contributed by atoms with Crippen molar-refractivity contribution in [3.05, 3.63) is 29.3 Å². The van der Waals surface area contributed by atoms with Gasteiger partial charge in [-0.25, -0.2) is 0 Å². The molecule has 0 aliphatic rings. The molecular formula is C16H23NO2. The van der Waals surface area contributed by atoms with Gasteiger partial charge in [0.15, 0.2) is 6.29 Å². The zero-order valence-electron chi connectivity index (χ0n) is 12.7. The number of Topliss-reactive ketones (excluding diaryl/α,β-unsaturated/α-hetero) is 1. The molecule has 0 aromatic heterocycles. The summed E-state index contributed by atoms with van der Waals surface area (Å²) in [6.07, 6.45) is 0.379. The summed E-state index contributed by atoms with van der Waals surface area (Å²) in [6.45, 7) is 10.5. The first-order valence-electron chi connectivity index (χ1n) is 6.55. The Bertz CT molecular complexity index is 484. The molecule has 0 saturated carbocycles. The van der Waals surface area contributed by atoms with Crippen LogP contribution in [0, 0.1) is 0 Å². The first-order valence-corrected chi connectivity index (χ1v) is 6.55. The van der Waals surface area contributed by atoms with Crippen molar-refractivity contribution in [1.82, 2.24) is 0 Å². The van der Waals surface area contributed by atoms with Gasteiger partial charge in [0.1, 0.15) is 0 Å². The highest BCUT2D eigenvalue weighted by Gasteiger charge is 2.20. The third-order valence-electron chi connectivity index (χ3n) is 3.39. The molecule has 1 rings (SSSR count). The van der Waals surface area contributed by atoms with Crippen molar-refractivity contribution in [2.75, 3.05) is 11.9 Å². The van der Waals surface area contributed by atoms with Gasteiger partial charge in [0.05, 0.1) is 0 Å². The lowest BCUT2D eigenvalue weighted by atomic mass is 9.85. The smallest absolute Gasteiger partial charge is 0.227 e. The van der Waals surface area contributed by atoms with E-state index in [9.17, 15) is 9.59 Å². The highest BCUT2D eigenvalue weighted by Crippen LogP contribution is 2.29. The van der Waals surface area contributed by atoms with Gasteiger partial charge in [0, 0.05) is 24.3 Å². The number of benzene rings is 1. The van der Waals surface area contributed by atoms with Gasteiger partial charge in [-0.2, -0.15) is 0 Å². The van der Waals surface area contributed by atoms with Gasteiger partial charge in [0.25, 0.3) is 0 Å². The van der Waals surface area contributed by atoms with E-state index in [-0.39, 0.29) is 11.5 Å². The molecule has 0 atom stereocenters. The maximum atomic E-state index is 11.7. The average molecular weight is 261 g/mol. The van der Waals surface area contributed by atoms with Gasteiger partial charge >= 0.3 is 0 Å². The number of carbonyl (C=O) groups excluding carboxylic acids is 2. The standard InChI is InChI=1S/C16H23NO2/c1-11(2)17(6)14-9-12(16(3,4)5)7-8-13(14)15(19)10-18/h7-11H,1-6H3. The lowest BCUT2D eigenvalue weighted by Crippen LogP contribution is -2.28. The molecule has 0 unspecified atom stereocenters. The largest absolute Gasteiger partial charge is 0.372 e. The highest BCUT2D eigenvalue weighted by molar-refractivity contribution is 6.34. The minimum absolute atomic E-state index is 0.00925. The van der Waals surface area contributed by atoms with Gasteiger partial charge in [-0.1, -0.05) is 26.8 Å². The lowest BCUT2D eigenvalue weighted by molar-refractivity contribution is -0.104. The van der Waals surface area contributed by atoms with Gasteiger partial charge in [-0.3, -0.25) is 9.59 Å². The first-order chi connectivity index (χ1) is 8.68. The predicted molar refractivity (Wildman–Crippen MR) is 79.1 cm³/mol. The Labute approximate surface area is 115 Å². The number of hydrogen-bond acceptors (Lipinski definition) is 3. The second-order valence-corrected chi connectivity index (χ2v) is 6.17. The maximum absolute atomic E-state index is 11.7. The topological polar surface area (TPSA) is 37.4 Å². The van der Waals surface area contributed by atoms with Crippen molar-refractivity contribution in [1.29, 1.82) is 0 Å². The third kappa shape index (κ3) is 3.43. The Morgan fingerprint density at radius 2 is 1.84 bits per heavy atom. The quantitative estimate of drug-likeness (QED) is 0.474. The molecule has 1 aromatic rings. The molecule has 0 radical (unpaired) electrons. The first kappa shape index (κ1) is 15.4.